The number of para-hydroxylation sites is 1. The maximum absolute atomic E-state index is 12.1. The van der Waals surface area contributed by atoms with Gasteiger partial charge in [0.1, 0.15) is 0 Å². The Bertz CT molecular complexity index is 700. The maximum atomic E-state index is 12.1. The van der Waals surface area contributed by atoms with E-state index in [1.54, 1.807) is 24.3 Å². The molecule has 22 heavy (non-hydrogen) atoms. The molecule has 0 saturated carbocycles. The number of carbonyl (C=O) groups excluding carboxylic acids is 2. The molecule has 0 unspecified atom stereocenters. The summed E-state index contributed by atoms with van der Waals surface area (Å²) in [4.78, 5) is 24.1. The molecule has 0 aliphatic carbocycles. The number of esters is 1. The van der Waals surface area contributed by atoms with Crippen LogP contribution in [0.4, 0.5) is 5.69 Å². The van der Waals surface area contributed by atoms with Gasteiger partial charge in [-0.05, 0) is 43.7 Å². The zero-order valence-corrected chi connectivity index (χ0v) is 13.1. The second kappa shape index (κ2) is 7.09. The summed E-state index contributed by atoms with van der Waals surface area (Å²) >= 11 is 5.83. The summed E-state index contributed by atoms with van der Waals surface area (Å²) in [7, 11) is 0. The van der Waals surface area contributed by atoms with Crippen molar-refractivity contribution in [1.29, 1.82) is 0 Å². The van der Waals surface area contributed by atoms with Crippen molar-refractivity contribution in [2.75, 3.05) is 5.32 Å². The number of benzene rings is 2. The molecular formula is C17H16ClNO3. The molecule has 2 aromatic rings. The van der Waals surface area contributed by atoms with Crippen LogP contribution in [0, 0.1) is 6.92 Å². The molecule has 0 heterocycles. The van der Waals surface area contributed by atoms with Crippen molar-refractivity contribution in [2.24, 2.45) is 0 Å². The van der Waals surface area contributed by atoms with Crippen LogP contribution in [0.3, 0.4) is 0 Å². The molecule has 0 fully saturated rings. The lowest BCUT2D eigenvalue weighted by atomic mass is 10.2. The monoisotopic (exact) mass is 317 g/mol. The van der Waals surface area contributed by atoms with Gasteiger partial charge in [-0.25, -0.2) is 4.79 Å². The van der Waals surface area contributed by atoms with Crippen LogP contribution in [0.5, 0.6) is 0 Å². The van der Waals surface area contributed by atoms with E-state index < -0.39 is 12.1 Å². The zero-order valence-electron chi connectivity index (χ0n) is 12.3. The number of nitrogens with one attached hydrogen (secondary N) is 1. The van der Waals surface area contributed by atoms with Gasteiger partial charge in [-0.15, -0.1) is 0 Å². The van der Waals surface area contributed by atoms with Crippen molar-refractivity contribution in [1.82, 2.24) is 0 Å². The van der Waals surface area contributed by atoms with Crippen molar-refractivity contribution in [2.45, 2.75) is 20.0 Å². The third-order valence-electron chi connectivity index (χ3n) is 3.12. The molecule has 1 amide bonds. The van der Waals surface area contributed by atoms with E-state index in [4.69, 9.17) is 16.3 Å². The van der Waals surface area contributed by atoms with Crippen LogP contribution in [-0.2, 0) is 9.53 Å². The van der Waals surface area contributed by atoms with Gasteiger partial charge in [-0.1, -0.05) is 35.9 Å². The third-order valence-corrected chi connectivity index (χ3v) is 3.35. The van der Waals surface area contributed by atoms with Gasteiger partial charge < -0.3 is 10.1 Å². The fraction of sp³-hybridized carbons (Fsp3) is 0.176. The highest BCUT2D eigenvalue weighted by Gasteiger charge is 2.19. The van der Waals surface area contributed by atoms with Crippen LogP contribution in [0.25, 0.3) is 0 Å². The predicted molar refractivity (Wildman–Crippen MR) is 86.1 cm³/mol. The van der Waals surface area contributed by atoms with E-state index in [2.05, 4.69) is 5.32 Å². The average Bonchev–Trinajstić information content (AvgIpc) is 2.49. The largest absolute Gasteiger partial charge is 0.449 e. The van der Waals surface area contributed by atoms with Crippen LogP contribution >= 0.6 is 11.6 Å². The van der Waals surface area contributed by atoms with E-state index in [1.165, 1.54) is 13.0 Å². The highest BCUT2D eigenvalue weighted by molar-refractivity contribution is 6.30. The average molecular weight is 318 g/mol. The quantitative estimate of drug-likeness (QED) is 0.872. The van der Waals surface area contributed by atoms with E-state index in [1.807, 2.05) is 25.1 Å². The fourth-order valence-electron chi connectivity index (χ4n) is 1.85. The van der Waals surface area contributed by atoms with Crippen LogP contribution < -0.4 is 5.32 Å². The second-order valence-corrected chi connectivity index (χ2v) is 5.30. The summed E-state index contributed by atoms with van der Waals surface area (Å²) < 4.78 is 5.16. The van der Waals surface area contributed by atoms with Crippen molar-refractivity contribution in [3.63, 3.8) is 0 Å². The number of rotatable bonds is 4. The lowest BCUT2D eigenvalue weighted by Crippen LogP contribution is -2.30. The predicted octanol–water partition coefficient (Wildman–Crippen LogP) is 3.83. The molecule has 2 aromatic carbocycles. The molecule has 0 bridgehead atoms. The Morgan fingerprint density at radius 2 is 1.86 bits per heavy atom. The number of carbonyl (C=O) groups is 2. The normalized spacial score (nSPS) is 11.6. The van der Waals surface area contributed by atoms with Crippen molar-refractivity contribution in [3.8, 4) is 0 Å². The molecule has 2 rings (SSSR count). The SMILES string of the molecule is Cc1ccccc1NC(=O)[C@H](C)OC(=O)c1cccc(Cl)c1. The number of aryl methyl sites for hydroxylation is 1. The lowest BCUT2D eigenvalue weighted by molar-refractivity contribution is -0.123. The van der Waals surface area contributed by atoms with Gasteiger partial charge in [-0.2, -0.15) is 0 Å². The van der Waals surface area contributed by atoms with Gasteiger partial charge in [-0.3, -0.25) is 4.79 Å². The Balaban J connectivity index is 1.99. The van der Waals surface area contributed by atoms with E-state index in [9.17, 15) is 9.59 Å². The molecule has 4 nitrogen and oxygen atoms in total. The first-order valence-corrected chi connectivity index (χ1v) is 7.18. The smallest absolute Gasteiger partial charge is 0.338 e. The van der Waals surface area contributed by atoms with Gasteiger partial charge in [0, 0.05) is 10.7 Å². The van der Waals surface area contributed by atoms with E-state index in [0.29, 0.717) is 16.3 Å². The minimum atomic E-state index is -0.911. The molecule has 114 valence electrons. The molecule has 0 saturated heterocycles. The minimum Gasteiger partial charge on any atom is -0.449 e. The van der Waals surface area contributed by atoms with E-state index >= 15 is 0 Å². The van der Waals surface area contributed by atoms with Gasteiger partial charge in [0.05, 0.1) is 5.56 Å². The summed E-state index contributed by atoms with van der Waals surface area (Å²) in [6, 6.07) is 13.8. The first-order valence-electron chi connectivity index (χ1n) is 6.80. The number of hydrogen-bond donors (Lipinski definition) is 1. The molecule has 0 aromatic heterocycles. The maximum Gasteiger partial charge on any atom is 0.338 e. The van der Waals surface area contributed by atoms with Crippen molar-refractivity contribution in [3.05, 3.63) is 64.7 Å². The first-order chi connectivity index (χ1) is 10.5. The van der Waals surface area contributed by atoms with E-state index in [-0.39, 0.29) is 5.91 Å². The lowest BCUT2D eigenvalue weighted by Gasteiger charge is -2.14. The minimum absolute atomic E-state index is 0.308. The Morgan fingerprint density at radius 1 is 1.14 bits per heavy atom. The molecule has 1 N–H and O–H groups in total. The Labute approximate surface area is 134 Å². The highest BCUT2D eigenvalue weighted by Crippen LogP contribution is 2.15. The number of hydrogen-bond acceptors (Lipinski definition) is 3. The van der Waals surface area contributed by atoms with Crippen LogP contribution in [0.1, 0.15) is 22.8 Å². The van der Waals surface area contributed by atoms with Gasteiger partial charge >= 0.3 is 5.97 Å². The number of halogens is 1. The molecule has 0 aliphatic heterocycles. The number of ether oxygens (including phenoxy) is 1. The molecule has 0 radical (unpaired) electrons. The topological polar surface area (TPSA) is 55.4 Å². The van der Waals surface area contributed by atoms with Gasteiger partial charge in [0.25, 0.3) is 5.91 Å². The van der Waals surface area contributed by atoms with Crippen LogP contribution in [-0.4, -0.2) is 18.0 Å². The van der Waals surface area contributed by atoms with Crippen LogP contribution in [0.15, 0.2) is 48.5 Å². The third kappa shape index (κ3) is 4.09. The molecule has 5 heteroatoms. The zero-order chi connectivity index (χ0) is 16.1. The van der Waals surface area contributed by atoms with Gasteiger partial charge in [0.15, 0.2) is 6.10 Å². The Morgan fingerprint density at radius 3 is 2.55 bits per heavy atom. The van der Waals surface area contributed by atoms with Gasteiger partial charge in [0.2, 0.25) is 0 Å². The number of amides is 1. The summed E-state index contributed by atoms with van der Waals surface area (Å²) in [6.07, 6.45) is -0.911. The number of anilines is 1. The van der Waals surface area contributed by atoms with E-state index in [0.717, 1.165) is 5.56 Å². The molecule has 0 spiro atoms. The van der Waals surface area contributed by atoms with Crippen LogP contribution in [0.2, 0.25) is 5.02 Å². The Kier molecular flexibility index (Phi) is 5.17. The summed E-state index contributed by atoms with van der Waals surface area (Å²) in [6.45, 7) is 3.41. The Hall–Kier alpha value is -2.33. The standard InChI is InChI=1S/C17H16ClNO3/c1-11-6-3-4-9-15(11)19-16(20)12(2)22-17(21)13-7-5-8-14(18)10-13/h3-10,12H,1-2H3,(H,19,20)/t12-/m0/s1. The fourth-order valence-corrected chi connectivity index (χ4v) is 2.04. The molecular weight excluding hydrogens is 302 g/mol. The molecule has 1 atom stereocenters. The summed E-state index contributed by atoms with van der Waals surface area (Å²) in [5.74, 6) is -0.973. The summed E-state index contributed by atoms with van der Waals surface area (Å²) in [5, 5.41) is 3.17. The molecule has 0 aliphatic rings. The summed E-state index contributed by atoms with van der Waals surface area (Å²) in [5.41, 5.74) is 1.94. The van der Waals surface area contributed by atoms with Crippen molar-refractivity contribution >= 4 is 29.2 Å². The first kappa shape index (κ1) is 16.0. The van der Waals surface area contributed by atoms with Crippen molar-refractivity contribution < 1.29 is 14.3 Å². The second-order valence-electron chi connectivity index (χ2n) is 4.86. The highest BCUT2D eigenvalue weighted by atomic mass is 35.5.